The van der Waals surface area contributed by atoms with E-state index in [4.69, 9.17) is 4.74 Å². The lowest BCUT2D eigenvalue weighted by atomic mass is 10.2. The third kappa shape index (κ3) is 5.98. The summed E-state index contributed by atoms with van der Waals surface area (Å²) >= 11 is 0. The molecule has 0 radical (unpaired) electrons. The Bertz CT molecular complexity index is 956. The summed E-state index contributed by atoms with van der Waals surface area (Å²) in [6.07, 6.45) is 1.13. The topological polar surface area (TPSA) is 70.2 Å². The van der Waals surface area contributed by atoms with Gasteiger partial charge in [-0.3, -0.25) is 14.0 Å². The van der Waals surface area contributed by atoms with Crippen molar-refractivity contribution >= 4 is 21.6 Å². The maximum Gasteiger partial charge on any atom is 0.246 e. The molecule has 0 bridgehead atoms. The van der Waals surface area contributed by atoms with Crippen molar-refractivity contribution in [3.8, 4) is 5.75 Å². The number of nitrogens with zero attached hydrogens (tertiary/aromatic N) is 3. The van der Waals surface area contributed by atoms with Crippen molar-refractivity contribution in [1.82, 2.24) is 9.80 Å². The van der Waals surface area contributed by atoms with Gasteiger partial charge in [-0.05, 0) is 43.7 Å². The molecule has 168 valence electrons. The van der Waals surface area contributed by atoms with Crippen LogP contribution in [-0.4, -0.2) is 69.2 Å². The summed E-state index contributed by atoms with van der Waals surface area (Å²) in [4.78, 5) is 17.2. The minimum atomic E-state index is -3.64. The molecular formula is C23H31N3O4S. The largest absolute Gasteiger partial charge is 0.494 e. The molecule has 31 heavy (non-hydrogen) atoms. The van der Waals surface area contributed by atoms with Crippen LogP contribution in [0, 0.1) is 0 Å². The highest BCUT2D eigenvalue weighted by molar-refractivity contribution is 7.92. The zero-order valence-corrected chi connectivity index (χ0v) is 19.2. The molecule has 1 amide bonds. The highest BCUT2D eigenvalue weighted by Crippen LogP contribution is 2.25. The van der Waals surface area contributed by atoms with Gasteiger partial charge in [0.15, 0.2) is 0 Å². The van der Waals surface area contributed by atoms with Gasteiger partial charge in [-0.1, -0.05) is 30.3 Å². The number of carbonyl (C=O) groups is 1. The quantitative estimate of drug-likeness (QED) is 0.625. The van der Waals surface area contributed by atoms with Crippen LogP contribution in [0.3, 0.4) is 0 Å². The van der Waals surface area contributed by atoms with Crippen LogP contribution in [0.2, 0.25) is 0 Å². The van der Waals surface area contributed by atoms with Crippen molar-refractivity contribution in [2.75, 3.05) is 43.3 Å². The van der Waals surface area contributed by atoms with E-state index >= 15 is 0 Å². The van der Waals surface area contributed by atoms with Crippen LogP contribution in [0.5, 0.6) is 5.75 Å². The van der Waals surface area contributed by atoms with E-state index in [1.807, 2.05) is 25.1 Å². The second-order valence-corrected chi connectivity index (χ2v) is 9.61. The predicted molar refractivity (Wildman–Crippen MR) is 123 cm³/mol. The fourth-order valence-electron chi connectivity index (χ4n) is 3.89. The van der Waals surface area contributed by atoms with Crippen molar-refractivity contribution in [2.45, 2.75) is 26.4 Å². The van der Waals surface area contributed by atoms with Gasteiger partial charge in [0.25, 0.3) is 0 Å². The summed E-state index contributed by atoms with van der Waals surface area (Å²) in [5.41, 5.74) is 1.70. The molecule has 0 spiro atoms. The van der Waals surface area contributed by atoms with E-state index in [9.17, 15) is 13.2 Å². The van der Waals surface area contributed by atoms with E-state index in [-0.39, 0.29) is 5.91 Å². The van der Waals surface area contributed by atoms with Crippen LogP contribution in [-0.2, 0) is 21.4 Å². The standard InChI is InChI=1S/C23H31N3O4S/c1-4-30-22-12-10-21(11-13-22)26(31(3,28)29)19(2)23(27)25-16-14-24(15-17-25)18-20-8-6-5-7-9-20/h5-13,19H,4,14-18H2,1-3H3/t19-/m0/s1. The highest BCUT2D eigenvalue weighted by Gasteiger charge is 2.33. The Morgan fingerprint density at radius 3 is 2.19 bits per heavy atom. The molecule has 1 atom stereocenters. The first-order valence-electron chi connectivity index (χ1n) is 10.6. The third-order valence-electron chi connectivity index (χ3n) is 5.40. The molecule has 0 saturated carbocycles. The molecule has 2 aromatic carbocycles. The second kappa shape index (κ2) is 10.2. The van der Waals surface area contributed by atoms with E-state index in [0.717, 1.165) is 25.9 Å². The summed E-state index contributed by atoms with van der Waals surface area (Å²) in [6, 6.07) is 16.2. The Morgan fingerprint density at radius 1 is 1.03 bits per heavy atom. The molecule has 1 saturated heterocycles. The summed E-state index contributed by atoms with van der Waals surface area (Å²) in [7, 11) is -3.64. The van der Waals surface area contributed by atoms with Gasteiger partial charge in [-0.2, -0.15) is 0 Å². The molecule has 1 heterocycles. The maximum atomic E-state index is 13.2. The lowest BCUT2D eigenvalue weighted by Gasteiger charge is -2.38. The summed E-state index contributed by atoms with van der Waals surface area (Å²) in [5.74, 6) is 0.479. The van der Waals surface area contributed by atoms with Gasteiger partial charge >= 0.3 is 0 Å². The number of carbonyl (C=O) groups excluding carboxylic acids is 1. The molecular weight excluding hydrogens is 414 g/mol. The molecule has 0 aliphatic carbocycles. The van der Waals surface area contributed by atoms with E-state index in [1.54, 1.807) is 36.1 Å². The molecule has 1 aliphatic heterocycles. The normalized spacial score (nSPS) is 16.0. The van der Waals surface area contributed by atoms with Gasteiger partial charge in [0.05, 0.1) is 18.6 Å². The Labute approximate surface area is 185 Å². The van der Waals surface area contributed by atoms with E-state index in [1.165, 1.54) is 9.87 Å². The molecule has 7 nitrogen and oxygen atoms in total. The number of ether oxygens (including phenoxy) is 1. The fourth-order valence-corrected chi connectivity index (χ4v) is 5.06. The number of sulfonamides is 1. The van der Waals surface area contributed by atoms with Gasteiger partial charge in [0.2, 0.25) is 15.9 Å². The Morgan fingerprint density at radius 2 is 1.65 bits per heavy atom. The van der Waals surface area contributed by atoms with Crippen molar-refractivity contribution in [3.63, 3.8) is 0 Å². The Hall–Kier alpha value is -2.58. The molecule has 0 unspecified atom stereocenters. The number of hydrogen-bond acceptors (Lipinski definition) is 5. The zero-order valence-electron chi connectivity index (χ0n) is 18.4. The number of rotatable bonds is 8. The van der Waals surface area contributed by atoms with Crippen LogP contribution < -0.4 is 9.04 Å². The zero-order chi connectivity index (χ0) is 22.4. The van der Waals surface area contributed by atoms with Gasteiger partial charge in [0, 0.05) is 32.7 Å². The summed E-state index contributed by atoms with van der Waals surface area (Å²) < 4.78 is 31.7. The molecule has 1 fully saturated rings. The van der Waals surface area contributed by atoms with Crippen LogP contribution in [0.4, 0.5) is 5.69 Å². The first kappa shape index (κ1) is 23.1. The average Bonchev–Trinajstić information content (AvgIpc) is 2.75. The van der Waals surface area contributed by atoms with Gasteiger partial charge in [0.1, 0.15) is 11.8 Å². The number of benzene rings is 2. The monoisotopic (exact) mass is 445 g/mol. The molecule has 2 aromatic rings. The van der Waals surface area contributed by atoms with Gasteiger partial charge < -0.3 is 9.64 Å². The first-order valence-corrected chi connectivity index (χ1v) is 12.4. The second-order valence-electron chi connectivity index (χ2n) is 7.75. The van der Waals surface area contributed by atoms with E-state index in [0.29, 0.717) is 31.1 Å². The molecule has 0 N–H and O–H groups in total. The van der Waals surface area contributed by atoms with Gasteiger partial charge in [-0.25, -0.2) is 8.42 Å². The third-order valence-corrected chi connectivity index (χ3v) is 6.64. The maximum absolute atomic E-state index is 13.2. The highest BCUT2D eigenvalue weighted by atomic mass is 32.2. The summed E-state index contributed by atoms with van der Waals surface area (Å²) in [6.45, 7) is 7.59. The number of anilines is 1. The van der Waals surface area contributed by atoms with Crippen molar-refractivity contribution in [2.24, 2.45) is 0 Å². The van der Waals surface area contributed by atoms with Crippen molar-refractivity contribution in [1.29, 1.82) is 0 Å². The van der Waals surface area contributed by atoms with Crippen LogP contribution in [0.25, 0.3) is 0 Å². The molecule has 1 aliphatic rings. The Kier molecular flexibility index (Phi) is 7.56. The lowest BCUT2D eigenvalue weighted by molar-refractivity contribution is -0.133. The lowest BCUT2D eigenvalue weighted by Crippen LogP contribution is -2.55. The molecule has 8 heteroatoms. The Balaban J connectivity index is 1.66. The smallest absolute Gasteiger partial charge is 0.246 e. The van der Waals surface area contributed by atoms with Gasteiger partial charge in [-0.15, -0.1) is 0 Å². The fraction of sp³-hybridized carbons (Fsp3) is 0.435. The first-order chi connectivity index (χ1) is 14.8. The molecule has 3 rings (SSSR count). The van der Waals surface area contributed by atoms with Crippen molar-refractivity contribution in [3.05, 3.63) is 60.2 Å². The predicted octanol–water partition coefficient (Wildman–Crippen LogP) is 2.58. The minimum absolute atomic E-state index is 0.182. The summed E-state index contributed by atoms with van der Waals surface area (Å²) in [5, 5.41) is 0. The minimum Gasteiger partial charge on any atom is -0.494 e. The molecule has 0 aromatic heterocycles. The number of hydrogen-bond donors (Lipinski definition) is 0. The van der Waals surface area contributed by atoms with Crippen molar-refractivity contribution < 1.29 is 17.9 Å². The van der Waals surface area contributed by atoms with Crippen LogP contribution in [0.1, 0.15) is 19.4 Å². The average molecular weight is 446 g/mol. The number of piperazine rings is 1. The van der Waals surface area contributed by atoms with E-state index < -0.39 is 16.1 Å². The van der Waals surface area contributed by atoms with E-state index in [2.05, 4.69) is 17.0 Å². The number of amides is 1. The van der Waals surface area contributed by atoms with Crippen LogP contribution in [0.15, 0.2) is 54.6 Å². The SMILES string of the molecule is CCOc1ccc(N([C@@H](C)C(=O)N2CCN(Cc3ccccc3)CC2)S(C)(=O)=O)cc1. The van der Waals surface area contributed by atoms with Crippen LogP contribution >= 0.6 is 0 Å².